The summed E-state index contributed by atoms with van der Waals surface area (Å²) in [6.45, 7) is 1.65. The number of ether oxygens (including phenoxy) is 1. The first kappa shape index (κ1) is 22.7. The van der Waals surface area contributed by atoms with Crippen molar-refractivity contribution in [2.45, 2.75) is 18.9 Å². The van der Waals surface area contributed by atoms with Crippen molar-refractivity contribution in [2.75, 3.05) is 19.7 Å². The first-order chi connectivity index (χ1) is 15.0. The predicted molar refractivity (Wildman–Crippen MR) is 116 cm³/mol. The molecule has 1 aromatic rings. The van der Waals surface area contributed by atoms with E-state index in [9.17, 15) is 31.0 Å². The molecule has 4 N–H and O–H groups in total. The van der Waals surface area contributed by atoms with Gasteiger partial charge in [-0.25, -0.2) is 13.6 Å². The Morgan fingerprint density at radius 2 is 1.88 bits per heavy atom. The average molecular weight is 481 g/mol. The minimum Gasteiger partial charge on any atom is -0.376 e. The van der Waals surface area contributed by atoms with E-state index in [1.165, 1.54) is 30.4 Å². The number of fused-ring (bicyclic) bond motifs is 2. The van der Waals surface area contributed by atoms with Crippen LogP contribution in [0.2, 0.25) is 0 Å². The molecule has 0 radical (unpaired) electrons. The minimum atomic E-state index is -5.10. The van der Waals surface area contributed by atoms with E-state index in [2.05, 4.69) is 5.32 Å². The van der Waals surface area contributed by atoms with Gasteiger partial charge in [0.1, 0.15) is 9.81 Å². The molecule has 3 aliphatic rings. The molecule has 1 saturated heterocycles. The third-order valence-electron chi connectivity index (χ3n) is 5.47. The number of hydrogen-bond acceptors (Lipinski definition) is 8. The summed E-state index contributed by atoms with van der Waals surface area (Å²) in [6, 6.07) is 2.81. The number of allylic oxidation sites excluding steroid dienone is 3. The van der Waals surface area contributed by atoms with Crippen molar-refractivity contribution in [3.05, 3.63) is 44.7 Å². The van der Waals surface area contributed by atoms with Gasteiger partial charge in [-0.3, -0.25) is 14.1 Å². The lowest BCUT2D eigenvalue weighted by molar-refractivity contribution is -0.110. The summed E-state index contributed by atoms with van der Waals surface area (Å²) in [5.41, 5.74) is 0.516. The molecule has 32 heavy (non-hydrogen) atoms. The quantitative estimate of drug-likeness (QED) is 0.420. The molecule has 4 rings (SSSR count). The van der Waals surface area contributed by atoms with Crippen molar-refractivity contribution in [1.82, 2.24) is 5.32 Å². The molecule has 0 saturated carbocycles. The highest BCUT2D eigenvalue weighted by Gasteiger charge is 2.39. The third-order valence-corrected chi connectivity index (χ3v) is 7.39. The molecule has 2 aliphatic carbocycles. The topological polar surface area (TPSA) is 170 Å². The predicted octanol–water partition coefficient (Wildman–Crippen LogP) is -1.59. The van der Waals surface area contributed by atoms with Crippen LogP contribution in [0, 0.1) is 0 Å². The first-order valence-corrected chi connectivity index (χ1v) is 12.7. The van der Waals surface area contributed by atoms with Crippen LogP contribution >= 0.6 is 0 Å². The Hall–Kier alpha value is -2.48. The summed E-state index contributed by atoms with van der Waals surface area (Å²) in [6.07, 6.45) is 4.09. The van der Waals surface area contributed by atoms with Gasteiger partial charge < -0.3 is 10.1 Å². The van der Waals surface area contributed by atoms with E-state index in [0.29, 0.717) is 36.9 Å². The highest BCUT2D eigenvalue weighted by atomic mass is 32.2. The van der Waals surface area contributed by atoms with E-state index in [4.69, 9.17) is 9.88 Å². The van der Waals surface area contributed by atoms with Gasteiger partial charge >= 0.3 is 0 Å². The summed E-state index contributed by atoms with van der Waals surface area (Å²) < 4.78 is 64.4. The van der Waals surface area contributed by atoms with Crippen LogP contribution in [-0.4, -0.2) is 58.8 Å². The second kappa shape index (κ2) is 8.14. The Morgan fingerprint density at radius 3 is 2.50 bits per heavy atom. The van der Waals surface area contributed by atoms with Crippen molar-refractivity contribution in [2.24, 2.45) is 5.14 Å². The van der Waals surface area contributed by atoms with Crippen LogP contribution < -0.4 is 20.9 Å². The molecule has 0 spiro atoms. The fraction of sp³-hybridized carbons (Fsp3) is 0.300. The van der Waals surface area contributed by atoms with Crippen LogP contribution in [0.3, 0.4) is 0 Å². The highest BCUT2D eigenvalue weighted by Crippen LogP contribution is 2.32. The molecule has 1 aromatic carbocycles. The maximum Gasteiger partial charge on any atom is 0.298 e. The molecule has 170 valence electrons. The SMILES string of the molecule is NS(=O)(=O)C1=c2cc3c(cc2C(CCC2CNCCO2)=C(S(=O)(=O)O)C1=O)=CC(=O)C=C3. The summed E-state index contributed by atoms with van der Waals surface area (Å²) in [4.78, 5) is 22.9. The number of benzene rings is 1. The number of morpholine rings is 1. The maximum atomic E-state index is 13.0. The third kappa shape index (κ3) is 4.25. The van der Waals surface area contributed by atoms with Gasteiger partial charge in [-0.05, 0) is 59.0 Å². The Balaban J connectivity index is 2.01. The number of primary sulfonamides is 1. The molecule has 1 unspecified atom stereocenters. The zero-order valence-corrected chi connectivity index (χ0v) is 18.3. The van der Waals surface area contributed by atoms with Crippen molar-refractivity contribution in [3.8, 4) is 0 Å². The second-order valence-electron chi connectivity index (χ2n) is 7.63. The molecule has 10 nitrogen and oxygen atoms in total. The summed E-state index contributed by atoms with van der Waals surface area (Å²) in [5.74, 6) is -1.69. The van der Waals surface area contributed by atoms with Crippen LogP contribution in [0.1, 0.15) is 24.0 Å². The number of nitrogens with two attached hydrogens (primary N) is 1. The van der Waals surface area contributed by atoms with E-state index in [0.717, 1.165) is 0 Å². The van der Waals surface area contributed by atoms with Gasteiger partial charge in [0.05, 0.1) is 12.7 Å². The normalized spacial score (nSPS) is 21.3. The number of carbonyl (C=O) groups is 2. The molecule has 12 heteroatoms. The Morgan fingerprint density at radius 1 is 1.12 bits per heavy atom. The van der Waals surface area contributed by atoms with Crippen molar-refractivity contribution >= 4 is 54.3 Å². The van der Waals surface area contributed by atoms with Crippen molar-refractivity contribution < 1.29 is 35.7 Å². The van der Waals surface area contributed by atoms with Gasteiger partial charge in [-0.2, -0.15) is 8.42 Å². The number of Topliss-reactive ketones (excluding diaryl/α,β-unsaturated/α-hetero) is 1. The molecular weight excluding hydrogens is 460 g/mol. The molecule has 1 aliphatic heterocycles. The van der Waals surface area contributed by atoms with E-state index in [1.54, 1.807) is 0 Å². The van der Waals surface area contributed by atoms with Crippen molar-refractivity contribution in [3.63, 3.8) is 0 Å². The maximum absolute atomic E-state index is 13.0. The Kier molecular flexibility index (Phi) is 5.77. The molecule has 1 atom stereocenters. The molecule has 1 fully saturated rings. The molecular formula is C20H20N2O8S2. The van der Waals surface area contributed by atoms with Gasteiger partial charge in [-0.15, -0.1) is 0 Å². The van der Waals surface area contributed by atoms with Crippen molar-refractivity contribution in [1.29, 1.82) is 0 Å². The lowest BCUT2D eigenvalue weighted by atomic mass is 9.89. The number of rotatable bonds is 5. The monoisotopic (exact) mass is 480 g/mol. The average Bonchev–Trinajstić information content (AvgIpc) is 2.69. The molecule has 0 aromatic heterocycles. The van der Waals surface area contributed by atoms with Crippen LogP contribution in [0.4, 0.5) is 0 Å². The Bertz CT molecular complexity index is 1430. The van der Waals surface area contributed by atoms with Gasteiger partial charge in [0.2, 0.25) is 15.8 Å². The fourth-order valence-electron chi connectivity index (χ4n) is 4.11. The number of hydrogen-bond donors (Lipinski definition) is 3. The number of ketones is 2. The first-order valence-electron chi connectivity index (χ1n) is 9.70. The van der Waals surface area contributed by atoms with Gasteiger partial charge in [-0.1, -0.05) is 6.08 Å². The second-order valence-corrected chi connectivity index (χ2v) is 10.5. The summed E-state index contributed by atoms with van der Waals surface area (Å²) in [7, 11) is -9.76. The van der Waals surface area contributed by atoms with E-state index in [1.807, 2.05) is 0 Å². The number of carbonyl (C=O) groups excluding carboxylic acids is 2. The lowest BCUT2D eigenvalue weighted by Gasteiger charge is -2.26. The highest BCUT2D eigenvalue weighted by molar-refractivity contribution is 8.00. The van der Waals surface area contributed by atoms with Gasteiger partial charge in [0.15, 0.2) is 5.78 Å². The van der Waals surface area contributed by atoms with E-state index in [-0.39, 0.29) is 34.7 Å². The lowest BCUT2D eigenvalue weighted by Crippen LogP contribution is -2.39. The van der Waals surface area contributed by atoms with Crippen LogP contribution in [0.25, 0.3) is 22.6 Å². The molecule has 0 amide bonds. The minimum absolute atomic E-state index is 0.000676. The van der Waals surface area contributed by atoms with Gasteiger partial charge in [0.25, 0.3) is 10.1 Å². The van der Waals surface area contributed by atoms with E-state index >= 15 is 0 Å². The zero-order chi connectivity index (χ0) is 23.3. The zero-order valence-electron chi connectivity index (χ0n) is 16.7. The standard InChI is InChI=1S/C20H20N2O8S2/c21-31(25,26)19-17-8-11-1-2-13(23)7-12(11)9-16(17)15(20(18(19)24)32(27,28)29)4-3-14-10-22-5-6-30-14/h1-2,7-9,14,22H,3-6,10H2,(H2,21,25,26)(H,27,28,29). The Labute approximate surface area is 183 Å². The smallest absolute Gasteiger partial charge is 0.298 e. The fourth-order valence-corrected chi connectivity index (χ4v) is 5.87. The molecule has 0 bridgehead atoms. The van der Waals surface area contributed by atoms with Crippen LogP contribution in [0.15, 0.2) is 23.1 Å². The van der Waals surface area contributed by atoms with Crippen LogP contribution in [0.5, 0.6) is 0 Å². The van der Waals surface area contributed by atoms with Gasteiger partial charge in [0, 0.05) is 18.3 Å². The molecule has 1 heterocycles. The summed E-state index contributed by atoms with van der Waals surface area (Å²) >= 11 is 0. The van der Waals surface area contributed by atoms with E-state index < -0.39 is 35.7 Å². The summed E-state index contributed by atoms with van der Waals surface area (Å²) in [5, 5.41) is 8.74. The largest absolute Gasteiger partial charge is 0.376 e. The van der Waals surface area contributed by atoms with Crippen LogP contribution in [-0.2, 0) is 34.5 Å². The number of nitrogens with one attached hydrogen (secondary N) is 1. The number of sulfonamides is 1.